The van der Waals surface area contributed by atoms with E-state index in [1.807, 2.05) is 0 Å². The van der Waals surface area contributed by atoms with Crippen molar-refractivity contribution in [3.63, 3.8) is 0 Å². The summed E-state index contributed by atoms with van der Waals surface area (Å²) in [6.07, 6.45) is 12.6. The number of rotatable bonds is 4. The zero-order chi connectivity index (χ0) is 18.8. The Kier molecular flexibility index (Phi) is 5.61. The van der Waals surface area contributed by atoms with Crippen molar-refractivity contribution in [1.82, 2.24) is 25.2 Å². The first-order chi connectivity index (χ1) is 13.9. The molecule has 2 aliphatic heterocycles. The monoisotopic (exact) mass is 383 g/mol. The van der Waals surface area contributed by atoms with E-state index in [-0.39, 0.29) is 0 Å². The first-order valence-electron chi connectivity index (χ1n) is 11.2. The van der Waals surface area contributed by atoms with Crippen molar-refractivity contribution >= 4 is 11.0 Å². The highest BCUT2D eigenvalue weighted by Crippen LogP contribution is 2.36. The van der Waals surface area contributed by atoms with Crippen molar-refractivity contribution in [2.45, 2.75) is 56.9 Å². The van der Waals surface area contributed by atoms with Gasteiger partial charge in [0.15, 0.2) is 0 Å². The normalized spacial score (nSPS) is 28.0. The number of hydrogen-bond acceptors (Lipinski definition) is 5. The molecule has 0 aromatic carbocycles. The van der Waals surface area contributed by atoms with E-state index in [4.69, 9.17) is 9.72 Å². The van der Waals surface area contributed by atoms with Gasteiger partial charge in [0.25, 0.3) is 0 Å². The molecule has 152 valence electrons. The van der Waals surface area contributed by atoms with Gasteiger partial charge in [0.2, 0.25) is 0 Å². The smallest absolute Gasteiger partial charge is 0.141 e. The zero-order valence-corrected chi connectivity index (χ0v) is 16.8. The Hall–Kier alpha value is -1.50. The standard InChI is InChI=1S/C22H33N5O/c1-3-18(27-9-7-23-8-10-27)4-2-16(1)13-20-21-19(17-5-11-28-12-6-17)14-24-22(21)26-15-25-20/h14-18,23H,1-13H2,(H,24,25,26). The molecule has 4 heterocycles. The summed E-state index contributed by atoms with van der Waals surface area (Å²) in [4.78, 5) is 15.4. The molecule has 6 heteroatoms. The lowest BCUT2D eigenvalue weighted by molar-refractivity contribution is 0.0856. The number of ether oxygens (including phenoxy) is 1. The fourth-order valence-corrected chi connectivity index (χ4v) is 5.57. The highest BCUT2D eigenvalue weighted by Gasteiger charge is 2.28. The second-order valence-electron chi connectivity index (χ2n) is 8.84. The molecule has 0 atom stereocenters. The molecule has 0 amide bonds. The van der Waals surface area contributed by atoms with Crippen LogP contribution in [0.3, 0.4) is 0 Å². The van der Waals surface area contributed by atoms with Crippen LogP contribution in [0.25, 0.3) is 11.0 Å². The summed E-state index contributed by atoms with van der Waals surface area (Å²) >= 11 is 0. The van der Waals surface area contributed by atoms with Gasteiger partial charge in [0.1, 0.15) is 12.0 Å². The van der Waals surface area contributed by atoms with Crippen molar-refractivity contribution in [3.8, 4) is 0 Å². The van der Waals surface area contributed by atoms with Crippen LogP contribution in [-0.2, 0) is 11.2 Å². The second-order valence-corrected chi connectivity index (χ2v) is 8.84. The molecule has 3 aliphatic rings. The summed E-state index contributed by atoms with van der Waals surface area (Å²) in [5.74, 6) is 1.34. The fourth-order valence-electron chi connectivity index (χ4n) is 5.57. The molecule has 28 heavy (non-hydrogen) atoms. The van der Waals surface area contributed by atoms with Gasteiger partial charge in [-0.25, -0.2) is 9.97 Å². The number of hydrogen-bond donors (Lipinski definition) is 2. The largest absolute Gasteiger partial charge is 0.381 e. The molecule has 2 aromatic rings. The lowest BCUT2D eigenvalue weighted by Gasteiger charge is -2.39. The van der Waals surface area contributed by atoms with E-state index >= 15 is 0 Å². The molecule has 6 nitrogen and oxygen atoms in total. The first kappa shape index (κ1) is 18.5. The molecule has 2 saturated heterocycles. The summed E-state index contributed by atoms with van der Waals surface area (Å²) in [6.45, 7) is 6.49. The van der Waals surface area contributed by atoms with Crippen molar-refractivity contribution in [1.29, 1.82) is 0 Å². The van der Waals surface area contributed by atoms with Crippen molar-refractivity contribution < 1.29 is 4.74 Å². The molecule has 1 saturated carbocycles. The Morgan fingerprint density at radius 1 is 1.00 bits per heavy atom. The fraction of sp³-hybridized carbons (Fsp3) is 0.727. The third kappa shape index (κ3) is 3.82. The Morgan fingerprint density at radius 3 is 2.57 bits per heavy atom. The molecule has 0 bridgehead atoms. The number of piperazine rings is 1. The van der Waals surface area contributed by atoms with E-state index in [1.165, 1.54) is 55.4 Å². The second kappa shape index (κ2) is 8.47. The van der Waals surface area contributed by atoms with Crippen LogP contribution in [0.5, 0.6) is 0 Å². The predicted molar refractivity (Wildman–Crippen MR) is 111 cm³/mol. The third-order valence-corrected chi connectivity index (χ3v) is 7.21. The van der Waals surface area contributed by atoms with Gasteiger partial charge >= 0.3 is 0 Å². The maximum Gasteiger partial charge on any atom is 0.141 e. The Labute approximate surface area is 167 Å². The summed E-state index contributed by atoms with van der Waals surface area (Å²) in [5, 5.41) is 4.78. The molecule has 0 spiro atoms. The van der Waals surface area contributed by atoms with Gasteiger partial charge in [-0.3, -0.25) is 4.90 Å². The van der Waals surface area contributed by atoms with Crippen molar-refractivity contribution in [2.24, 2.45) is 5.92 Å². The summed E-state index contributed by atoms with van der Waals surface area (Å²) in [5.41, 5.74) is 3.70. The van der Waals surface area contributed by atoms with Crippen LogP contribution in [0, 0.1) is 5.92 Å². The molecule has 3 fully saturated rings. The SMILES string of the molecule is c1nc(CC2CCC(N3CCNCC3)CC2)c2c(C3CCOCC3)c[nH]c2n1. The number of nitrogens with zero attached hydrogens (tertiary/aromatic N) is 3. The van der Waals surface area contributed by atoms with Crippen LogP contribution in [0.1, 0.15) is 55.7 Å². The van der Waals surface area contributed by atoms with Crippen LogP contribution in [-0.4, -0.2) is 65.3 Å². The van der Waals surface area contributed by atoms with Crippen LogP contribution >= 0.6 is 0 Å². The first-order valence-corrected chi connectivity index (χ1v) is 11.2. The highest BCUT2D eigenvalue weighted by molar-refractivity contribution is 5.82. The molecular weight excluding hydrogens is 350 g/mol. The minimum Gasteiger partial charge on any atom is -0.381 e. The van der Waals surface area contributed by atoms with Crippen molar-refractivity contribution in [2.75, 3.05) is 39.4 Å². The van der Waals surface area contributed by atoms with Gasteiger partial charge < -0.3 is 15.0 Å². The van der Waals surface area contributed by atoms with Gasteiger partial charge in [-0.05, 0) is 62.3 Å². The van der Waals surface area contributed by atoms with Crippen LogP contribution in [0.4, 0.5) is 0 Å². The Bertz CT molecular complexity index is 770. The van der Waals surface area contributed by atoms with E-state index in [2.05, 4.69) is 26.4 Å². The Morgan fingerprint density at radius 2 is 1.79 bits per heavy atom. The van der Waals surface area contributed by atoms with Gasteiger partial charge in [-0.2, -0.15) is 0 Å². The molecule has 2 aromatic heterocycles. The summed E-state index contributed by atoms with van der Waals surface area (Å²) in [6, 6.07) is 0.800. The zero-order valence-electron chi connectivity index (χ0n) is 16.8. The predicted octanol–water partition coefficient (Wildman–Crippen LogP) is 2.86. The van der Waals surface area contributed by atoms with Gasteiger partial charge in [0, 0.05) is 57.0 Å². The van der Waals surface area contributed by atoms with Gasteiger partial charge in [0.05, 0.1) is 5.69 Å². The molecule has 2 N–H and O–H groups in total. The van der Waals surface area contributed by atoms with E-state index in [9.17, 15) is 0 Å². The topological polar surface area (TPSA) is 66.1 Å². The molecule has 0 unspecified atom stereocenters. The number of aromatic nitrogens is 3. The minimum atomic E-state index is 0.579. The van der Waals surface area contributed by atoms with Crippen molar-refractivity contribution in [3.05, 3.63) is 23.8 Å². The van der Waals surface area contributed by atoms with Crippen LogP contribution in [0.2, 0.25) is 0 Å². The molecule has 0 radical (unpaired) electrons. The molecular formula is C22H33N5O. The number of nitrogens with one attached hydrogen (secondary N) is 2. The van der Waals surface area contributed by atoms with Gasteiger partial charge in [-0.15, -0.1) is 0 Å². The summed E-state index contributed by atoms with van der Waals surface area (Å²) in [7, 11) is 0. The Balaban J connectivity index is 1.28. The highest BCUT2D eigenvalue weighted by atomic mass is 16.5. The van der Waals surface area contributed by atoms with E-state index in [0.717, 1.165) is 63.2 Å². The number of aromatic amines is 1. The lowest BCUT2D eigenvalue weighted by Crippen LogP contribution is -2.49. The quantitative estimate of drug-likeness (QED) is 0.850. The number of fused-ring (bicyclic) bond motifs is 1. The molecule has 5 rings (SSSR count). The average molecular weight is 384 g/mol. The van der Waals surface area contributed by atoms with Crippen LogP contribution in [0.15, 0.2) is 12.5 Å². The van der Waals surface area contributed by atoms with Crippen LogP contribution < -0.4 is 5.32 Å². The number of H-pyrrole nitrogens is 1. The van der Waals surface area contributed by atoms with E-state index in [0.29, 0.717) is 5.92 Å². The lowest BCUT2D eigenvalue weighted by atomic mass is 9.81. The average Bonchev–Trinajstić information content (AvgIpc) is 3.21. The summed E-state index contributed by atoms with van der Waals surface area (Å²) < 4.78 is 5.57. The van der Waals surface area contributed by atoms with E-state index < -0.39 is 0 Å². The van der Waals surface area contributed by atoms with E-state index in [1.54, 1.807) is 6.33 Å². The maximum atomic E-state index is 5.57. The minimum absolute atomic E-state index is 0.579. The van der Waals surface area contributed by atoms with Gasteiger partial charge in [-0.1, -0.05) is 0 Å². The molecule has 1 aliphatic carbocycles. The third-order valence-electron chi connectivity index (χ3n) is 7.21. The maximum absolute atomic E-state index is 5.57.